The Hall–Kier alpha value is -3.39. The minimum absolute atomic E-state index is 0.0272. The van der Waals surface area contributed by atoms with E-state index in [9.17, 15) is 4.79 Å². The minimum atomic E-state index is -0.0272. The SMILES string of the molecule is COc1ccc(-c2c(C(C)=O)c(C)nc3sc4c(ncn5cnnc45)c23)cc1. The minimum Gasteiger partial charge on any atom is -0.497 e. The molecule has 0 saturated carbocycles. The molecule has 0 radical (unpaired) electrons. The summed E-state index contributed by atoms with van der Waals surface area (Å²) in [5, 5.41) is 9.06. The average molecular weight is 389 g/mol. The molecule has 8 heteroatoms. The van der Waals surface area contributed by atoms with E-state index >= 15 is 0 Å². The lowest BCUT2D eigenvalue weighted by Gasteiger charge is -2.12. The number of hydrogen-bond acceptors (Lipinski definition) is 7. The highest BCUT2D eigenvalue weighted by atomic mass is 32.1. The third-order valence-corrected chi connectivity index (χ3v) is 5.88. The van der Waals surface area contributed by atoms with Gasteiger partial charge in [0.1, 0.15) is 27.9 Å². The van der Waals surface area contributed by atoms with Crippen molar-refractivity contribution in [1.82, 2.24) is 24.6 Å². The molecule has 138 valence electrons. The molecular formula is C20H15N5O2S. The lowest BCUT2D eigenvalue weighted by atomic mass is 9.93. The van der Waals surface area contributed by atoms with E-state index in [-0.39, 0.29) is 5.78 Å². The van der Waals surface area contributed by atoms with E-state index in [4.69, 9.17) is 9.72 Å². The lowest BCUT2D eigenvalue weighted by Crippen LogP contribution is -2.03. The third-order valence-electron chi connectivity index (χ3n) is 4.81. The van der Waals surface area contributed by atoms with Crippen molar-refractivity contribution >= 4 is 43.2 Å². The summed E-state index contributed by atoms with van der Waals surface area (Å²) in [5.74, 6) is 0.731. The van der Waals surface area contributed by atoms with Crippen LogP contribution in [0.1, 0.15) is 23.0 Å². The number of ether oxygens (including phenoxy) is 1. The Bertz CT molecular complexity index is 1390. The van der Waals surface area contributed by atoms with E-state index < -0.39 is 0 Å². The zero-order valence-electron chi connectivity index (χ0n) is 15.4. The highest BCUT2D eigenvalue weighted by Crippen LogP contribution is 2.42. The van der Waals surface area contributed by atoms with Gasteiger partial charge in [0.15, 0.2) is 11.4 Å². The average Bonchev–Trinajstić information content (AvgIpc) is 3.30. The highest BCUT2D eigenvalue weighted by molar-refractivity contribution is 7.26. The number of thiophene rings is 1. The largest absolute Gasteiger partial charge is 0.497 e. The number of carbonyl (C=O) groups is 1. The van der Waals surface area contributed by atoms with Crippen LogP contribution in [-0.4, -0.2) is 37.5 Å². The summed E-state index contributed by atoms with van der Waals surface area (Å²) in [6, 6.07) is 7.69. The molecule has 0 atom stereocenters. The first-order valence-electron chi connectivity index (χ1n) is 8.65. The summed E-state index contributed by atoms with van der Waals surface area (Å²) < 4.78 is 7.96. The van der Waals surface area contributed by atoms with E-state index in [1.165, 1.54) is 11.3 Å². The van der Waals surface area contributed by atoms with Gasteiger partial charge in [-0.05, 0) is 31.5 Å². The molecule has 1 aromatic carbocycles. The number of methoxy groups -OCH3 is 1. The van der Waals surface area contributed by atoms with Gasteiger partial charge in [0.05, 0.1) is 18.3 Å². The third kappa shape index (κ3) is 2.31. The molecule has 0 aliphatic rings. The van der Waals surface area contributed by atoms with Gasteiger partial charge in [0, 0.05) is 16.5 Å². The summed E-state index contributed by atoms with van der Waals surface area (Å²) in [7, 11) is 1.63. The maximum absolute atomic E-state index is 12.5. The standard InChI is InChI=1S/C20H15N5O2S/c1-10-14(11(2)26)15(12-4-6-13(27-3)7-5-12)16-17-18(28-20(16)23-10)19-24-22-9-25(19)8-21-17/h4-9H,1-3H3. The van der Waals surface area contributed by atoms with Gasteiger partial charge in [0.2, 0.25) is 0 Å². The van der Waals surface area contributed by atoms with E-state index in [0.717, 1.165) is 43.0 Å². The maximum Gasteiger partial charge on any atom is 0.181 e. The van der Waals surface area contributed by atoms with E-state index in [1.807, 2.05) is 31.2 Å². The number of benzene rings is 1. The molecule has 0 bridgehead atoms. The summed E-state index contributed by atoms with van der Waals surface area (Å²) in [6.45, 7) is 3.44. The van der Waals surface area contributed by atoms with Crippen LogP contribution in [0.4, 0.5) is 0 Å². The smallest absolute Gasteiger partial charge is 0.181 e. The van der Waals surface area contributed by atoms with Crippen LogP contribution in [0, 0.1) is 6.92 Å². The number of fused-ring (bicyclic) bond motifs is 5. The Morgan fingerprint density at radius 3 is 2.68 bits per heavy atom. The van der Waals surface area contributed by atoms with Crippen molar-refractivity contribution in [2.24, 2.45) is 0 Å². The van der Waals surface area contributed by atoms with Crippen LogP contribution in [0.25, 0.3) is 37.2 Å². The number of hydrogen-bond donors (Lipinski definition) is 0. The van der Waals surface area contributed by atoms with Crippen LogP contribution in [0.3, 0.4) is 0 Å². The molecule has 5 rings (SSSR count). The summed E-state index contributed by atoms with van der Waals surface area (Å²) >= 11 is 1.51. The van der Waals surface area contributed by atoms with Crippen molar-refractivity contribution in [3.63, 3.8) is 0 Å². The second kappa shape index (κ2) is 6.07. The zero-order valence-corrected chi connectivity index (χ0v) is 16.2. The number of rotatable bonds is 3. The molecule has 0 aliphatic carbocycles. The fraction of sp³-hybridized carbons (Fsp3) is 0.150. The number of Topliss-reactive ketones (excluding diaryl/α,β-unsaturated/α-hetero) is 1. The number of pyridine rings is 1. The maximum atomic E-state index is 12.5. The molecule has 0 spiro atoms. The number of aromatic nitrogens is 5. The second-order valence-electron chi connectivity index (χ2n) is 6.50. The molecule has 0 amide bonds. The van der Waals surface area contributed by atoms with Crippen molar-refractivity contribution in [2.75, 3.05) is 7.11 Å². The molecular weight excluding hydrogens is 374 g/mol. The predicted octanol–water partition coefficient (Wildman–Crippen LogP) is 4.07. The van der Waals surface area contributed by atoms with Crippen LogP contribution in [-0.2, 0) is 0 Å². The predicted molar refractivity (Wildman–Crippen MR) is 108 cm³/mol. The molecule has 7 nitrogen and oxygen atoms in total. The van der Waals surface area contributed by atoms with Gasteiger partial charge < -0.3 is 4.74 Å². The molecule has 0 unspecified atom stereocenters. The topological polar surface area (TPSA) is 82.3 Å². The molecule has 0 fully saturated rings. The quantitative estimate of drug-likeness (QED) is 0.433. The first-order chi connectivity index (χ1) is 13.6. The normalized spacial score (nSPS) is 11.5. The van der Waals surface area contributed by atoms with E-state index in [0.29, 0.717) is 11.3 Å². The first-order valence-corrected chi connectivity index (χ1v) is 9.46. The Morgan fingerprint density at radius 2 is 1.96 bits per heavy atom. The van der Waals surface area contributed by atoms with Crippen LogP contribution >= 0.6 is 11.3 Å². The molecule has 0 aliphatic heterocycles. The van der Waals surface area contributed by atoms with Gasteiger partial charge in [0.25, 0.3) is 0 Å². The Labute approximate surface area is 163 Å². The van der Waals surface area contributed by atoms with Gasteiger partial charge in [-0.15, -0.1) is 21.5 Å². The number of aryl methyl sites for hydroxylation is 1. The van der Waals surface area contributed by atoms with Crippen LogP contribution in [0.15, 0.2) is 36.9 Å². The number of ketones is 1. The Morgan fingerprint density at radius 1 is 1.18 bits per heavy atom. The molecule has 4 aromatic heterocycles. The highest BCUT2D eigenvalue weighted by Gasteiger charge is 2.23. The van der Waals surface area contributed by atoms with Gasteiger partial charge >= 0.3 is 0 Å². The fourth-order valence-electron chi connectivity index (χ4n) is 3.59. The van der Waals surface area contributed by atoms with Gasteiger partial charge in [-0.1, -0.05) is 12.1 Å². The van der Waals surface area contributed by atoms with Gasteiger partial charge in [-0.2, -0.15) is 0 Å². The molecule has 28 heavy (non-hydrogen) atoms. The monoisotopic (exact) mass is 389 g/mol. The molecule has 0 saturated heterocycles. The molecule has 4 heterocycles. The van der Waals surface area contributed by atoms with Crippen LogP contribution in [0.2, 0.25) is 0 Å². The zero-order chi connectivity index (χ0) is 19.4. The van der Waals surface area contributed by atoms with Crippen molar-refractivity contribution in [3.05, 3.63) is 48.2 Å². The van der Waals surface area contributed by atoms with Crippen LogP contribution < -0.4 is 4.74 Å². The number of nitrogens with zero attached hydrogens (tertiary/aromatic N) is 5. The second-order valence-corrected chi connectivity index (χ2v) is 7.50. The molecule has 5 aromatic rings. The van der Waals surface area contributed by atoms with Crippen molar-refractivity contribution in [2.45, 2.75) is 13.8 Å². The number of carbonyl (C=O) groups excluding carboxylic acids is 1. The fourth-order valence-corrected chi connectivity index (χ4v) is 4.76. The van der Waals surface area contributed by atoms with Crippen molar-refractivity contribution in [3.8, 4) is 16.9 Å². The lowest BCUT2D eigenvalue weighted by molar-refractivity contribution is 0.101. The van der Waals surface area contributed by atoms with Gasteiger partial charge in [-0.25, -0.2) is 9.97 Å². The van der Waals surface area contributed by atoms with E-state index in [2.05, 4.69) is 15.2 Å². The Kier molecular flexibility index (Phi) is 3.63. The van der Waals surface area contributed by atoms with Crippen molar-refractivity contribution in [1.29, 1.82) is 0 Å². The van der Waals surface area contributed by atoms with E-state index in [1.54, 1.807) is 31.1 Å². The van der Waals surface area contributed by atoms with Crippen LogP contribution in [0.5, 0.6) is 5.75 Å². The summed E-state index contributed by atoms with van der Waals surface area (Å²) in [5.41, 5.74) is 4.59. The van der Waals surface area contributed by atoms with Crippen molar-refractivity contribution < 1.29 is 9.53 Å². The van der Waals surface area contributed by atoms with Gasteiger partial charge in [-0.3, -0.25) is 9.20 Å². The summed E-state index contributed by atoms with van der Waals surface area (Å²) in [6.07, 6.45) is 3.31. The first kappa shape index (κ1) is 16.8. The Balaban J connectivity index is 1.97. The molecule has 0 N–H and O–H groups in total. The summed E-state index contributed by atoms with van der Waals surface area (Å²) in [4.78, 5) is 22.7.